The molecule has 0 fully saturated rings. The van der Waals surface area contributed by atoms with Crippen molar-refractivity contribution in [2.24, 2.45) is 57.9 Å². The molecule has 11 atom stereocenters. The molecule has 0 unspecified atom stereocenters. The fourth-order valence-electron chi connectivity index (χ4n) is 10.6. The van der Waals surface area contributed by atoms with Gasteiger partial charge in [0.1, 0.15) is 60.4 Å². The highest BCUT2D eigenvalue weighted by Gasteiger charge is 2.37. The van der Waals surface area contributed by atoms with Crippen LogP contribution in [0.15, 0.2) is 30.3 Å². The van der Waals surface area contributed by atoms with Crippen molar-refractivity contribution in [2.45, 2.75) is 243 Å². The van der Waals surface area contributed by atoms with Gasteiger partial charge >= 0.3 is 5.97 Å². The minimum absolute atomic E-state index is 0.0361. The van der Waals surface area contributed by atoms with Crippen LogP contribution in [0.3, 0.4) is 0 Å². The molecule has 31 nitrogen and oxygen atoms in total. The molecule has 558 valence electrons. The second-order valence-corrected chi connectivity index (χ2v) is 26.6. The number of unbranched alkanes of at least 4 members (excludes halogenated alkanes) is 5. The van der Waals surface area contributed by atoms with Crippen molar-refractivity contribution in [3.63, 3.8) is 0 Å². The van der Waals surface area contributed by atoms with E-state index in [1.807, 2.05) is 58.0 Å². The first-order valence-corrected chi connectivity index (χ1v) is 35.4. The zero-order valence-corrected chi connectivity index (χ0v) is 59.6. The van der Waals surface area contributed by atoms with Gasteiger partial charge in [0.15, 0.2) is 5.96 Å². The maximum atomic E-state index is 14.7. The number of carboxylic acids is 1. The van der Waals surface area contributed by atoms with E-state index >= 15 is 0 Å². The van der Waals surface area contributed by atoms with Crippen molar-refractivity contribution >= 4 is 83.6 Å². The van der Waals surface area contributed by atoms with Crippen LogP contribution in [0, 0.1) is 23.2 Å². The SMILES string of the molecule is CC(C)C[C@H](NC(=O)[C@H](CCCCN)NC(=O)[C@H](CCCCN)NC(=O)[C@H](CC(C)C)NC(=O)[C@H](CC(C)C)NC(=O)[C@H](CCCCN)NC(=O)[C@H](CCCCN)NC(=O)[C@@H](N)Cc1ccccc1)C(=O)N[C@@H](CCCNC(=N)N)C(=O)N[C@@H](CCCCN)C(=O)N[C@@H](CS)C(=O)O. The molecule has 0 spiro atoms. The molecule has 0 radical (unpaired) electrons. The standard InChI is InChI=1S/C66H121N19O12S/c1-40(2)35-51(62(93)81-50(28-20-34-75-66(73)74)58(89)79-49(27-14-19-33-71)61(92)85-54(39-98)65(96)97)82-59(90)48(26-13-18-32-70)78-57(88)46(24-11-16-30-68)80-63(94)52(36-41(3)4)84-64(95)53(37-42(5)6)83-60(91)47(25-12-17-31-69)77-56(87)45(23-10-15-29-67)76-55(86)44(72)38-43-21-8-7-9-22-43/h7-9,21-22,40-42,44-54,98H,10-20,23-39,67-72H2,1-6H3,(H,76,86)(H,77,87)(H,78,88)(H,79,89)(H,80,94)(H,81,93)(H,82,90)(H,83,91)(H,84,95)(H,85,92)(H,96,97)(H4,73,74,75)/t44-,45-,46-,47-,48-,49-,50-,51-,52-,53-,54-/m0/s1. The molecule has 27 N–H and O–H groups in total. The lowest BCUT2D eigenvalue weighted by atomic mass is 9.98. The van der Waals surface area contributed by atoms with Crippen LogP contribution < -0.4 is 98.6 Å². The van der Waals surface area contributed by atoms with Crippen molar-refractivity contribution in [3.8, 4) is 0 Å². The normalized spacial score (nSPS) is 14.7. The van der Waals surface area contributed by atoms with E-state index in [1.54, 1.807) is 13.8 Å². The largest absolute Gasteiger partial charge is 0.480 e. The molecule has 1 aromatic carbocycles. The number of thiol groups is 1. The topological polar surface area (TPSA) is 546 Å². The van der Waals surface area contributed by atoms with E-state index in [0.29, 0.717) is 77.3 Å². The average Bonchev–Trinajstić information content (AvgIpc) is 0.896. The Balaban J connectivity index is 3.67. The molecule has 0 aromatic heterocycles. The number of carbonyl (C=O) groups excluding carboxylic acids is 10. The van der Waals surface area contributed by atoms with Crippen LogP contribution >= 0.6 is 12.6 Å². The summed E-state index contributed by atoms with van der Waals surface area (Å²) in [5.74, 6) is -9.85. The Morgan fingerprint density at radius 3 is 0.878 bits per heavy atom. The number of nitrogens with two attached hydrogens (primary N) is 7. The smallest absolute Gasteiger partial charge is 0.327 e. The summed E-state index contributed by atoms with van der Waals surface area (Å²) in [6.45, 7) is 12.5. The van der Waals surface area contributed by atoms with Crippen LogP contribution in [0.4, 0.5) is 0 Å². The fraction of sp³-hybridized carbons (Fsp3) is 0.727. The summed E-state index contributed by atoms with van der Waals surface area (Å²) in [7, 11) is 0. The van der Waals surface area contributed by atoms with Gasteiger partial charge in [0.25, 0.3) is 0 Å². The van der Waals surface area contributed by atoms with E-state index in [2.05, 4.69) is 71.1 Å². The third-order valence-corrected chi connectivity index (χ3v) is 16.3. The van der Waals surface area contributed by atoms with Gasteiger partial charge in [-0.15, -0.1) is 0 Å². The predicted octanol–water partition coefficient (Wildman–Crippen LogP) is -1.53. The maximum Gasteiger partial charge on any atom is 0.327 e. The fourth-order valence-corrected chi connectivity index (χ4v) is 10.8. The lowest BCUT2D eigenvalue weighted by Crippen LogP contribution is -2.61. The van der Waals surface area contributed by atoms with Gasteiger partial charge < -0.3 is 104 Å². The molecule has 0 aliphatic rings. The molecule has 0 aliphatic carbocycles. The first kappa shape index (κ1) is 88.8. The third kappa shape index (κ3) is 37.7. The van der Waals surface area contributed by atoms with Gasteiger partial charge in [-0.25, -0.2) is 4.79 Å². The van der Waals surface area contributed by atoms with Crippen molar-refractivity contribution in [2.75, 3.05) is 45.0 Å². The van der Waals surface area contributed by atoms with Crippen LogP contribution in [0.1, 0.15) is 176 Å². The van der Waals surface area contributed by atoms with Crippen molar-refractivity contribution < 1.29 is 57.8 Å². The van der Waals surface area contributed by atoms with E-state index in [0.717, 1.165) is 5.56 Å². The van der Waals surface area contributed by atoms with Gasteiger partial charge in [0.05, 0.1) is 6.04 Å². The zero-order valence-electron chi connectivity index (χ0n) is 58.7. The number of carbonyl (C=O) groups is 11. The first-order chi connectivity index (χ1) is 46.5. The molecule has 0 heterocycles. The lowest BCUT2D eigenvalue weighted by molar-refractivity contribution is -0.141. The van der Waals surface area contributed by atoms with Crippen LogP contribution in [0.2, 0.25) is 0 Å². The van der Waals surface area contributed by atoms with Gasteiger partial charge in [-0.1, -0.05) is 71.9 Å². The highest BCUT2D eigenvalue weighted by atomic mass is 32.1. The first-order valence-electron chi connectivity index (χ1n) is 34.8. The Labute approximate surface area is 584 Å². The second kappa shape index (κ2) is 51.0. The number of carboxylic acid groups (broad SMARTS) is 1. The number of amides is 10. The van der Waals surface area contributed by atoms with Gasteiger partial charge in [-0.05, 0) is 191 Å². The van der Waals surface area contributed by atoms with Gasteiger partial charge in [0.2, 0.25) is 59.1 Å². The Morgan fingerprint density at radius 1 is 0.388 bits per heavy atom. The maximum absolute atomic E-state index is 14.7. The van der Waals surface area contributed by atoms with E-state index < -0.39 is 132 Å². The van der Waals surface area contributed by atoms with E-state index in [4.69, 9.17) is 45.5 Å². The summed E-state index contributed by atoms with van der Waals surface area (Å²) in [6.07, 6.45) is 5.42. The number of aliphatic carboxylic acids is 1. The van der Waals surface area contributed by atoms with Crippen LogP contribution in [0.25, 0.3) is 0 Å². The summed E-state index contributed by atoms with van der Waals surface area (Å²) < 4.78 is 0. The van der Waals surface area contributed by atoms with Crippen molar-refractivity contribution in [1.29, 1.82) is 5.41 Å². The molecule has 0 saturated heterocycles. The molecular weight excluding hydrogens is 1280 g/mol. The third-order valence-electron chi connectivity index (χ3n) is 16.0. The number of hydrogen-bond acceptors (Lipinski definition) is 19. The summed E-state index contributed by atoms with van der Waals surface area (Å²) in [6, 6.07) is -4.46. The lowest BCUT2D eigenvalue weighted by Gasteiger charge is -2.29. The van der Waals surface area contributed by atoms with Gasteiger partial charge in [-0.2, -0.15) is 12.6 Å². The quantitative estimate of drug-likeness (QED) is 0.0152. The number of rotatable bonds is 54. The Hall–Kier alpha value is -7.23. The van der Waals surface area contributed by atoms with Gasteiger partial charge in [-0.3, -0.25) is 53.4 Å². The highest BCUT2D eigenvalue weighted by molar-refractivity contribution is 7.80. The van der Waals surface area contributed by atoms with Crippen molar-refractivity contribution in [1.82, 2.24) is 58.5 Å². The molecule has 10 amide bonds. The van der Waals surface area contributed by atoms with Crippen LogP contribution in [-0.4, -0.2) is 188 Å². The molecule has 1 aromatic rings. The van der Waals surface area contributed by atoms with Gasteiger partial charge in [0, 0.05) is 12.3 Å². The van der Waals surface area contributed by atoms with E-state index in [-0.39, 0.29) is 126 Å². The molecule has 98 heavy (non-hydrogen) atoms. The molecule has 0 bridgehead atoms. The minimum Gasteiger partial charge on any atom is -0.480 e. The Kier molecular flexibility index (Phi) is 46.2. The number of benzene rings is 1. The summed E-state index contributed by atoms with van der Waals surface area (Å²) in [5, 5.41) is 47.2. The summed E-state index contributed by atoms with van der Waals surface area (Å²) in [4.78, 5) is 155. The zero-order chi connectivity index (χ0) is 73.7. The predicted molar refractivity (Wildman–Crippen MR) is 381 cm³/mol. The van der Waals surface area contributed by atoms with Crippen LogP contribution in [-0.2, 0) is 59.2 Å². The summed E-state index contributed by atoms with van der Waals surface area (Å²) in [5.41, 5.74) is 41.7. The highest BCUT2D eigenvalue weighted by Crippen LogP contribution is 2.16. The number of guanidine groups is 1. The molecular formula is C66H121N19O12S. The molecule has 0 aliphatic heterocycles. The van der Waals surface area contributed by atoms with Crippen LogP contribution in [0.5, 0.6) is 0 Å². The molecule has 32 heteroatoms. The monoisotopic (exact) mass is 1400 g/mol. The van der Waals surface area contributed by atoms with E-state index in [1.165, 1.54) is 0 Å². The van der Waals surface area contributed by atoms with E-state index in [9.17, 15) is 57.8 Å². The average molecular weight is 1400 g/mol. The second-order valence-electron chi connectivity index (χ2n) is 26.2. The Bertz CT molecular complexity index is 2590. The molecule has 0 saturated carbocycles. The minimum atomic E-state index is -1.38. The van der Waals surface area contributed by atoms with Crippen molar-refractivity contribution in [3.05, 3.63) is 35.9 Å². The Morgan fingerprint density at radius 2 is 0.633 bits per heavy atom. The number of hydrogen-bond donors (Lipinski definition) is 21. The number of nitrogens with one attached hydrogen (secondary N) is 12. The summed E-state index contributed by atoms with van der Waals surface area (Å²) >= 11 is 4.03. The molecule has 1 rings (SSSR count).